The van der Waals surface area contributed by atoms with E-state index in [4.69, 9.17) is 11.6 Å². The number of benzene rings is 1. The van der Waals surface area contributed by atoms with Gasteiger partial charge in [-0.3, -0.25) is 4.79 Å². The molecule has 2 N–H and O–H groups in total. The number of alkyl halides is 1. The van der Waals surface area contributed by atoms with Crippen molar-refractivity contribution < 1.29 is 9.90 Å². The van der Waals surface area contributed by atoms with E-state index < -0.39 is 5.54 Å². The highest BCUT2D eigenvalue weighted by molar-refractivity contribution is 6.21. The number of amides is 1. The zero-order chi connectivity index (χ0) is 13.2. The smallest absolute Gasteiger partial charge is 0.255 e. The Morgan fingerprint density at radius 2 is 2.06 bits per heavy atom. The van der Waals surface area contributed by atoms with Crippen LogP contribution in [0, 0.1) is 6.92 Å². The maximum Gasteiger partial charge on any atom is 0.255 e. The summed E-state index contributed by atoms with van der Waals surface area (Å²) in [6, 6.07) is 5.08. The summed E-state index contributed by atoms with van der Waals surface area (Å²) in [5.41, 5.74) is 0.416. The van der Waals surface area contributed by atoms with E-state index in [0.29, 0.717) is 5.56 Å². The van der Waals surface area contributed by atoms with E-state index in [1.165, 1.54) is 0 Å². The molecule has 0 saturated heterocycles. The molecule has 1 amide bonds. The van der Waals surface area contributed by atoms with Crippen molar-refractivity contribution >= 4 is 17.5 Å². The number of carbonyl (C=O) groups is 1. The van der Waals surface area contributed by atoms with Crippen molar-refractivity contribution in [3.05, 3.63) is 29.3 Å². The van der Waals surface area contributed by atoms with Crippen LogP contribution in [0.2, 0.25) is 0 Å². The molecule has 0 aromatic heterocycles. The summed E-state index contributed by atoms with van der Waals surface area (Å²) in [7, 11) is 0. The van der Waals surface area contributed by atoms with Gasteiger partial charge < -0.3 is 10.4 Å². The van der Waals surface area contributed by atoms with Crippen LogP contribution in [0.3, 0.4) is 0 Å². The van der Waals surface area contributed by atoms with Crippen LogP contribution in [-0.2, 0) is 0 Å². The lowest BCUT2D eigenvalue weighted by Gasteiger charge is -2.29. The number of rotatable bonds is 3. The van der Waals surface area contributed by atoms with Gasteiger partial charge in [-0.25, -0.2) is 0 Å². The van der Waals surface area contributed by atoms with Crippen LogP contribution >= 0.6 is 11.6 Å². The largest absolute Gasteiger partial charge is 0.507 e. The Balaban J connectivity index is 2.95. The molecule has 1 aromatic carbocycles. The zero-order valence-corrected chi connectivity index (χ0v) is 11.3. The van der Waals surface area contributed by atoms with Crippen LogP contribution in [0.4, 0.5) is 0 Å². The van der Waals surface area contributed by atoms with Crippen molar-refractivity contribution in [3.8, 4) is 5.75 Å². The Labute approximate surface area is 107 Å². The molecule has 17 heavy (non-hydrogen) atoms. The lowest BCUT2D eigenvalue weighted by Crippen LogP contribution is -2.49. The van der Waals surface area contributed by atoms with E-state index in [2.05, 4.69) is 5.32 Å². The fraction of sp³-hybridized carbons (Fsp3) is 0.462. The van der Waals surface area contributed by atoms with Crippen molar-refractivity contribution in [2.24, 2.45) is 0 Å². The molecule has 0 radical (unpaired) electrons. The number of aromatic hydroxyl groups is 1. The third kappa shape index (κ3) is 3.13. The molecule has 1 unspecified atom stereocenters. The van der Waals surface area contributed by atoms with Crippen molar-refractivity contribution in [1.82, 2.24) is 5.32 Å². The second-order valence-electron chi connectivity index (χ2n) is 4.76. The number of phenols is 1. The first-order valence-corrected chi connectivity index (χ1v) is 5.94. The third-order valence-electron chi connectivity index (χ3n) is 2.91. The number of carbonyl (C=O) groups excluding carboxylic acids is 1. The molecule has 0 aliphatic carbocycles. The highest BCUT2D eigenvalue weighted by atomic mass is 35.5. The monoisotopic (exact) mass is 255 g/mol. The summed E-state index contributed by atoms with van der Waals surface area (Å²) < 4.78 is 0. The molecule has 0 bridgehead atoms. The van der Waals surface area contributed by atoms with Gasteiger partial charge in [-0.1, -0.05) is 12.1 Å². The van der Waals surface area contributed by atoms with Gasteiger partial charge in [0.05, 0.1) is 16.5 Å². The molecule has 1 aromatic rings. The summed E-state index contributed by atoms with van der Waals surface area (Å²) in [5, 5.41) is 12.4. The van der Waals surface area contributed by atoms with E-state index >= 15 is 0 Å². The first-order chi connectivity index (χ1) is 7.75. The highest BCUT2D eigenvalue weighted by Gasteiger charge is 2.27. The summed E-state index contributed by atoms with van der Waals surface area (Å²) in [5.74, 6) is -0.299. The van der Waals surface area contributed by atoms with Gasteiger partial charge in [0.25, 0.3) is 5.91 Å². The summed E-state index contributed by atoms with van der Waals surface area (Å²) in [6.45, 7) is 7.25. The molecule has 0 aliphatic rings. The molecule has 4 heteroatoms. The van der Waals surface area contributed by atoms with E-state index in [9.17, 15) is 9.90 Å². The minimum Gasteiger partial charge on any atom is -0.507 e. The van der Waals surface area contributed by atoms with Gasteiger partial charge >= 0.3 is 0 Å². The standard InChI is InChI=1S/C13H18ClNO2/c1-8-6-5-7-10(11(8)16)12(17)15-13(3,4)9(2)14/h5-7,9,16H,1-4H3,(H,15,17). The van der Waals surface area contributed by atoms with Crippen LogP contribution < -0.4 is 5.32 Å². The predicted molar refractivity (Wildman–Crippen MR) is 69.7 cm³/mol. The summed E-state index contributed by atoms with van der Waals surface area (Å²) >= 11 is 5.99. The molecule has 0 heterocycles. The Hall–Kier alpha value is -1.22. The van der Waals surface area contributed by atoms with Crippen LogP contribution in [-0.4, -0.2) is 21.9 Å². The molecule has 1 atom stereocenters. The summed E-state index contributed by atoms with van der Waals surface area (Å²) in [4.78, 5) is 12.0. The molecule has 3 nitrogen and oxygen atoms in total. The maximum atomic E-state index is 12.0. The van der Waals surface area contributed by atoms with Gasteiger partial charge in [0.15, 0.2) is 0 Å². The van der Waals surface area contributed by atoms with Crippen LogP contribution in [0.15, 0.2) is 18.2 Å². The molecule has 1 rings (SSSR count). The Morgan fingerprint density at radius 3 is 2.59 bits per heavy atom. The second kappa shape index (κ2) is 4.96. The normalized spacial score (nSPS) is 13.2. The first-order valence-electron chi connectivity index (χ1n) is 5.51. The highest BCUT2D eigenvalue weighted by Crippen LogP contribution is 2.23. The van der Waals surface area contributed by atoms with E-state index in [0.717, 1.165) is 0 Å². The van der Waals surface area contributed by atoms with Crippen molar-refractivity contribution in [2.45, 2.75) is 38.6 Å². The zero-order valence-electron chi connectivity index (χ0n) is 10.5. The SMILES string of the molecule is Cc1cccc(C(=O)NC(C)(C)C(C)Cl)c1O. The molecule has 94 valence electrons. The van der Waals surface area contributed by atoms with Crippen molar-refractivity contribution in [2.75, 3.05) is 0 Å². The van der Waals surface area contributed by atoms with Crippen LogP contribution in [0.5, 0.6) is 5.75 Å². The van der Waals surface area contributed by atoms with E-state index in [1.54, 1.807) is 25.1 Å². The fourth-order valence-electron chi connectivity index (χ4n) is 1.30. The number of phenolic OH excluding ortho intramolecular Hbond substituents is 1. The Kier molecular flexibility index (Phi) is 4.04. The maximum absolute atomic E-state index is 12.0. The minimum absolute atomic E-state index is 0.0167. The average Bonchev–Trinajstić information content (AvgIpc) is 2.21. The van der Waals surface area contributed by atoms with Gasteiger partial charge in [-0.15, -0.1) is 11.6 Å². The van der Waals surface area contributed by atoms with Gasteiger partial charge in [0, 0.05) is 0 Å². The van der Waals surface area contributed by atoms with Crippen LogP contribution in [0.1, 0.15) is 36.7 Å². The lowest BCUT2D eigenvalue weighted by molar-refractivity contribution is 0.0909. The summed E-state index contributed by atoms with van der Waals surface area (Å²) in [6.07, 6.45) is 0. The third-order valence-corrected chi connectivity index (χ3v) is 3.46. The van der Waals surface area contributed by atoms with Gasteiger partial charge in [0.1, 0.15) is 5.75 Å². The van der Waals surface area contributed by atoms with E-state index in [1.807, 2.05) is 20.8 Å². The van der Waals surface area contributed by atoms with Crippen molar-refractivity contribution in [1.29, 1.82) is 0 Å². The Bertz CT molecular complexity index is 427. The molecule has 0 fully saturated rings. The molecule has 0 saturated carbocycles. The topological polar surface area (TPSA) is 49.3 Å². The molecular formula is C13H18ClNO2. The lowest BCUT2D eigenvalue weighted by atomic mass is 10.00. The second-order valence-corrected chi connectivity index (χ2v) is 5.42. The number of para-hydroxylation sites is 1. The minimum atomic E-state index is -0.533. The van der Waals surface area contributed by atoms with Gasteiger partial charge in [0.2, 0.25) is 0 Å². The van der Waals surface area contributed by atoms with Crippen molar-refractivity contribution in [3.63, 3.8) is 0 Å². The van der Waals surface area contributed by atoms with Crippen LogP contribution in [0.25, 0.3) is 0 Å². The number of aryl methyl sites for hydroxylation is 1. The average molecular weight is 256 g/mol. The fourth-order valence-corrected chi connectivity index (χ4v) is 1.36. The Morgan fingerprint density at radius 1 is 1.47 bits per heavy atom. The number of nitrogens with one attached hydrogen (secondary N) is 1. The number of halogens is 1. The van der Waals surface area contributed by atoms with Gasteiger partial charge in [-0.2, -0.15) is 0 Å². The molecule has 0 spiro atoms. The quantitative estimate of drug-likeness (QED) is 0.816. The molecular weight excluding hydrogens is 238 g/mol. The van der Waals surface area contributed by atoms with E-state index in [-0.39, 0.29) is 22.6 Å². The molecule has 0 aliphatic heterocycles. The first kappa shape index (κ1) is 13.8. The van der Waals surface area contributed by atoms with Gasteiger partial charge in [-0.05, 0) is 39.3 Å². The predicted octanol–water partition coefficient (Wildman–Crippen LogP) is 2.84. The number of hydrogen-bond acceptors (Lipinski definition) is 2. The number of hydrogen-bond donors (Lipinski definition) is 2.